The summed E-state index contributed by atoms with van der Waals surface area (Å²) in [6.07, 6.45) is -3.01. The topological polar surface area (TPSA) is 121 Å². The fourth-order valence-corrected chi connectivity index (χ4v) is 3.92. The predicted octanol–water partition coefficient (Wildman–Crippen LogP) is 3.16. The van der Waals surface area contributed by atoms with Gasteiger partial charge in [0.15, 0.2) is 0 Å². The van der Waals surface area contributed by atoms with E-state index in [1.165, 1.54) is 11.1 Å². The molecule has 8 nitrogen and oxygen atoms in total. The highest BCUT2D eigenvalue weighted by Gasteiger charge is 2.31. The molecule has 0 atom stereocenters. The summed E-state index contributed by atoms with van der Waals surface area (Å²) in [5.74, 6) is -1.50. The average Bonchev–Trinajstić information content (AvgIpc) is 3.24. The zero-order chi connectivity index (χ0) is 24.0. The van der Waals surface area contributed by atoms with Gasteiger partial charge < -0.3 is 15.2 Å². The minimum atomic E-state index is -4.63. The van der Waals surface area contributed by atoms with E-state index in [1.807, 2.05) is 0 Å². The molecule has 0 spiro atoms. The number of imidazole rings is 1. The predicted molar refractivity (Wildman–Crippen MR) is 110 cm³/mol. The Morgan fingerprint density at radius 3 is 2.55 bits per heavy atom. The van der Waals surface area contributed by atoms with Crippen molar-refractivity contribution in [1.82, 2.24) is 14.9 Å². The van der Waals surface area contributed by atoms with Crippen LogP contribution >= 0.6 is 0 Å². The van der Waals surface area contributed by atoms with Crippen LogP contribution in [0, 0.1) is 5.82 Å². The summed E-state index contributed by atoms with van der Waals surface area (Å²) < 4.78 is 74.9. The normalized spacial score (nSPS) is 14.2. The molecule has 33 heavy (non-hydrogen) atoms. The number of hydrogen-bond acceptors (Lipinski definition) is 5. The number of nitrogens with one attached hydrogen (secondary N) is 2. The summed E-state index contributed by atoms with van der Waals surface area (Å²) in [5, 5.41) is 7.26. The van der Waals surface area contributed by atoms with Gasteiger partial charge in [-0.15, -0.1) is 0 Å². The minimum Gasteiger partial charge on any atom is -0.353 e. The van der Waals surface area contributed by atoms with Crippen molar-refractivity contribution in [3.05, 3.63) is 70.8 Å². The largest absolute Gasteiger partial charge is 0.416 e. The highest BCUT2D eigenvalue weighted by Crippen LogP contribution is 2.32. The van der Waals surface area contributed by atoms with Crippen molar-refractivity contribution in [3.8, 4) is 0 Å². The molecule has 0 saturated carbocycles. The number of hydrogen-bond donors (Lipinski definition) is 3. The number of nitrogens with zero attached hydrogens (tertiary/aromatic N) is 2. The number of amides is 1. The van der Waals surface area contributed by atoms with Gasteiger partial charge in [-0.25, -0.2) is 22.9 Å². The van der Waals surface area contributed by atoms with Crippen LogP contribution in [-0.4, -0.2) is 35.7 Å². The van der Waals surface area contributed by atoms with Gasteiger partial charge in [0.1, 0.15) is 11.5 Å². The molecule has 3 aromatic rings. The molecule has 1 aliphatic rings. The SMILES string of the molecule is NS(=O)(=O)c1nc(C(=O)N2CCc3cc(Nc4ccc(C(F)(F)F)cc4F)ccc3C2)c[nH]1. The van der Waals surface area contributed by atoms with Crippen molar-refractivity contribution in [2.75, 3.05) is 11.9 Å². The molecule has 2 aromatic carbocycles. The molecule has 0 aliphatic carbocycles. The molecule has 0 unspecified atom stereocenters. The number of H-pyrrole nitrogens is 1. The van der Waals surface area contributed by atoms with Gasteiger partial charge in [-0.05, 0) is 47.9 Å². The maximum Gasteiger partial charge on any atom is 0.416 e. The molecular formula is C20H17F4N5O3S. The lowest BCUT2D eigenvalue weighted by Crippen LogP contribution is -2.36. The molecule has 0 bridgehead atoms. The zero-order valence-corrected chi connectivity index (χ0v) is 17.6. The van der Waals surface area contributed by atoms with Crippen molar-refractivity contribution in [1.29, 1.82) is 0 Å². The second-order valence-corrected chi connectivity index (χ2v) is 8.89. The monoisotopic (exact) mass is 483 g/mol. The third-order valence-corrected chi connectivity index (χ3v) is 5.87. The van der Waals surface area contributed by atoms with E-state index < -0.39 is 38.6 Å². The van der Waals surface area contributed by atoms with Crippen LogP contribution in [0.5, 0.6) is 0 Å². The number of aromatic amines is 1. The van der Waals surface area contributed by atoms with Gasteiger partial charge in [0.25, 0.3) is 15.9 Å². The number of fused-ring (bicyclic) bond motifs is 1. The highest BCUT2D eigenvalue weighted by atomic mass is 32.2. The lowest BCUT2D eigenvalue weighted by molar-refractivity contribution is -0.137. The maximum absolute atomic E-state index is 14.1. The maximum atomic E-state index is 14.1. The van der Waals surface area contributed by atoms with E-state index in [2.05, 4.69) is 15.3 Å². The first-order valence-electron chi connectivity index (χ1n) is 9.55. The summed E-state index contributed by atoms with van der Waals surface area (Å²) >= 11 is 0. The first kappa shape index (κ1) is 22.7. The molecule has 0 fully saturated rings. The number of rotatable bonds is 4. The standard InChI is InChI=1S/C20H17F4N5O3S/c21-15-8-13(20(22,23)24)2-4-16(15)27-14-3-1-12-10-29(6-5-11(12)7-14)18(30)17-9-26-19(28-17)33(25,31)32/h1-4,7-9,27H,5-6,10H2,(H,26,28)(H2,25,31,32). The molecule has 13 heteroatoms. The smallest absolute Gasteiger partial charge is 0.353 e. The van der Waals surface area contributed by atoms with E-state index in [0.29, 0.717) is 24.7 Å². The number of nitrogens with two attached hydrogens (primary N) is 1. The number of aromatic nitrogens is 2. The highest BCUT2D eigenvalue weighted by molar-refractivity contribution is 7.89. The molecule has 1 aliphatic heterocycles. The first-order chi connectivity index (χ1) is 15.4. The molecule has 4 rings (SSSR count). The van der Waals surface area contributed by atoms with E-state index in [1.54, 1.807) is 18.2 Å². The molecule has 1 amide bonds. The van der Waals surface area contributed by atoms with Gasteiger partial charge in [0, 0.05) is 25.0 Å². The number of anilines is 2. The first-order valence-corrected chi connectivity index (χ1v) is 11.1. The van der Waals surface area contributed by atoms with Crippen LogP contribution in [-0.2, 0) is 29.2 Å². The van der Waals surface area contributed by atoms with Crippen LogP contribution < -0.4 is 10.5 Å². The van der Waals surface area contributed by atoms with Crippen LogP contribution in [0.15, 0.2) is 47.8 Å². The second-order valence-electron chi connectivity index (χ2n) is 7.41. The molecule has 0 saturated heterocycles. The third kappa shape index (κ3) is 4.83. The van der Waals surface area contributed by atoms with E-state index in [0.717, 1.165) is 23.3 Å². The zero-order valence-electron chi connectivity index (χ0n) is 16.8. The Labute approximate surface area is 185 Å². The lowest BCUT2D eigenvalue weighted by atomic mass is 9.98. The van der Waals surface area contributed by atoms with Crippen LogP contribution in [0.25, 0.3) is 0 Å². The molecule has 174 valence electrons. The molecular weight excluding hydrogens is 466 g/mol. The Balaban J connectivity index is 1.48. The van der Waals surface area contributed by atoms with Crippen LogP contribution in [0.1, 0.15) is 27.2 Å². The minimum absolute atomic E-state index is 0.0847. The fourth-order valence-electron chi connectivity index (χ4n) is 3.47. The quantitative estimate of drug-likeness (QED) is 0.493. The summed E-state index contributed by atoms with van der Waals surface area (Å²) in [6.45, 7) is 0.558. The number of benzene rings is 2. The van der Waals surface area contributed by atoms with Gasteiger partial charge >= 0.3 is 6.18 Å². The van der Waals surface area contributed by atoms with Crippen molar-refractivity contribution in [2.24, 2.45) is 5.14 Å². The summed E-state index contributed by atoms with van der Waals surface area (Å²) in [4.78, 5) is 20.2. The van der Waals surface area contributed by atoms with Gasteiger partial charge in [-0.2, -0.15) is 13.2 Å². The Morgan fingerprint density at radius 1 is 1.15 bits per heavy atom. The van der Waals surface area contributed by atoms with Crippen molar-refractivity contribution < 1.29 is 30.8 Å². The van der Waals surface area contributed by atoms with E-state index in [-0.39, 0.29) is 17.9 Å². The van der Waals surface area contributed by atoms with Crippen molar-refractivity contribution in [2.45, 2.75) is 24.3 Å². The van der Waals surface area contributed by atoms with Gasteiger partial charge in [0.2, 0.25) is 5.16 Å². The van der Waals surface area contributed by atoms with Gasteiger partial charge in [-0.3, -0.25) is 4.79 Å². The summed E-state index contributed by atoms with van der Waals surface area (Å²) in [6, 6.07) is 7.33. The molecule has 2 heterocycles. The van der Waals surface area contributed by atoms with Crippen LogP contribution in [0.2, 0.25) is 0 Å². The van der Waals surface area contributed by atoms with Gasteiger partial charge in [-0.1, -0.05) is 6.07 Å². The van der Waals surface area contributed by atoms with Crippen molar-refractivity contribution in [3.63, 3.8) is 0 Å². The van der Waals surface area contributed by atoms with Gasteiger partial charge in [0.05, 0.1) is 11.3 Å². The molecule has 1 aromatic heterocycles. The number of carbonyl (C=O) groups excluding carboxylic acids is 1. The molecule has 4 N–H and O–H groups in total. The van der Waals surface area contributed by atoms with Crippen LogP contribution in [0.3, 0.4) is 0 Å². The van der Waals surface area contributed by atoms with E-state index in [9.17, 15) is 30.8 Å². The van der Waals surface area contributed by atoms with E-state index >= 15 is 0 Å². The average molecular weight is 483 g/mol. The summed E-state index contributed by atoms with van der Waals surface area (Å²) in [5.41, 5.74) is 0.920. The van der Waals surface area contributed by atoms with Crippen LogP contribution in [0.4, 0.5) is 28.9 Å². The van der Waals surface area contributed by atoms with Crippen molar-refractivity contribution >= 4 is 27.3 Å². The number of sulfonamides is 1. The second kappa shape index (κ2) is 8.15. The number of primary sulfonamides is 1. The number of alkyl halides is 3. The number of halogens is 4. The molecule has 0 radical (unpaired) electrons. The summed E-state index contributed by atoms with van der Waals surface area (Å²) in [7, 11) is -4.07. The Morgan fingerprint density at radius 2 is 1.91 bits per heavy atom. The Hall–Kier alpha value is -3.45. The van der Waals surface area contributed by atoms with E-state index in [4.69, 9.17) is 5.14 Å². The Kier molecular flexibility index (Phi) is 5.62. The third-order valence-electron chi connectivity index (χ3n) is 5.12. The lowest BCUT2D eigenvalue weighted by Gasteiger charge is -2.28. The Bertz CT molecular complexity index is 1340. The number of carbonyl (C=O) groups is 1. The fraction of sp³-hybridized carbons (Fsp3) is 0.200.